The first-order valence-corrected chi connectivity index (χ1v) is 6.71. The van der Waals surface area contributed by atoms with Crippen LogP contribution in [0.2, 0.25) is 0 Å². The lowest BCUT2D eigenvalue weighted by atomic mass is 9.84. The minimum absolute atomic E-state index is 0.00771. The summed E-state index contributed by atoms with van der Waals surface area (Å²) in [5.74, 6) is -27.8. The summed E-state index contributed by atoms with van der Waals surface area (Å²) in [5, 5.41) is 0. The molecule has 1 aliphatic rings. The second-order valence-electron chi connectivity index (χ2n) is 5.76. The van der Waals surface area contributed by atoms with Gasteiger partial charge in [-0.3, -0.25) is 0 Å². The van der Waals surface area contributed by atoms with Crippen LogP contribution in [-0.2, 0) is 9.47 Å². The molecule has 2 nitrogen and oxygen atoms in total. The van der Waals surface area contributed by atoms with Crippen LogP contribution in [0.5, 0.6) is 0 Å². The monoisotopic (exact) mass is 398 g/mol. The van der Waals surface area contributed by atoms with Gasteiger partial charge in [0.05, 0.1) is 19.8 Å². The number of ether oxygens (including phenoxy) is 2. The third kappa shape index (κ3) is 3.53. The van der Waals surface area contributed by atoms with Gasteiger partial charge in [0, 0.05) is 5.41 Å². The van der Waals surface area contributed by atoms with E-state index in [0.29, 0.717) is 0 Å². The fraction of sp³-hybridized carbons (Fsp3) is 1.00. The zero-order valence-corrected chi connectivity index (χ0v) is 12.5. The lowest BCUT2D eigenvalue weighted by molar-refractivity contribution is -0.424. The molecule has 0 aliphatic carbocycles. The van der Waals surface area contributed by atoms with E-state index in [0.717, 1.165) is 0 Å². The molecule has 0 radical (unpaired) electrons. The lowest BCUT2D eigenvalue weighted by Gasteiger charge is -2.41. The highest BCUT2D eigenvalue weighted by Gasteiger charge is 2.87. The molecule has 0 bridgehead atoms. The molecule has 0 spiro atoms. The van der Waals surface area contributed by atoms with Gasteiger partial charge in [0.25, 0.3) is 0 Å². The van der Waals surface area contributed by atoms with Crippen LogP contribution in [0.3, 0.4) is 0 Å². The Labute approximate surface area is 134 Å². The van der Waals surface area contributed by atoms with Crippen molar-refractivity contribution in [2.24, 2.45) is 5.41 Å². The fourth-order valence-corrected chi connectivity index (χ4v) is 1.87. The molecule has 0 N–H and O–H groups in total. The van der Waals surface area contributed by atoms with Crippen molar-refractivity contribution in [3.63, 3.8) is 0 Å². The maximum atomic E-state index is 13.3. The largest absolute Gasteiger partial charge is 0.460 e. The average Bonchev–Trinajstić information content (AvgIpc) is 2.39. The normalized spacial score (nSPS) is 19.7. The minimum Gasteiger partial charge on any atom is -0.380 e. The van der Waals surface area contributed by atoms with Crippen LogP contribution in [0.1, 0.15) is 13.3 Å². The van der Waals surface area contributed by atoms with Crippen molar-refractivity contribution in [2.45, 2.75) is 43.2 Å². The van der Waals surface area contributed by atoms with E-state index in [1.165, 1.54) is 0 Å². The molecule has 25 heavy (non-hydrogen) atoms. The van der Waals surface area contributed by atoms with Crippen LogP contribution in [0.15, 0.2) is 0 Å². The number of hydrogen-bond acceptors (Lipinski definition) is 2. The Hall–Kier alpha value is -0.850. The standard InChI is InChI=1S/C12H13F11O2/c1-2-7(3-24-4-7)5-25-6-8(13,14)9(15,16)10(17,18)11(19,20)12(21,22)23/h2-6H2,1H3. The molecule has 1 saturated heterocycles. The lowest BCUT2D eigenvalue weighted by Crippen LogP contribution is -2.67. The summed E-state index contributed by atoms with van der Waals surface area (Å²) in [7, 11) is 0. The van der Waals surface area contributed by atoms with E-state index in [4.69, 9.17) is 4.74 Å². The molecule has 0 aromatic rings. The van der Waals surface area contributed by atoms with Gasteiger partial charge in [0.15, 0.2) is 0 Å². The number of halogens is 11. The quantitative estimate of drug-likeness (QED) is 0.560. The Balaban J connectivity index is 2.93. The van der Waals surface area contributed by atoms with Crippen LogP contribution < -0.4 is 0 Å². The molecule has 0 amide bonds. The summed E-state index contributed by atoms with van der Waals surface area (Å²) in [5.41, 5.74) is -0.830. The molecule has 0 unspecified atom stereocenters. The molecule has 150 valence electrons. The summed E-state index contributed by atoms with van der Waals surface area (Å²) in [6, 6.07) is 0. The van der Waals surface area contributed by atoms with E-state index in [1.807, 2.05) is 0 Å². The second-order valence-corrected chi connectivity index (χ2v) is 5.76. The zero-order chi connectivity index (χ0) is 19.9. The van der Waals surface area contributed by atoms with Gasteiger partial charge < -0.3 is 9.47 Å². The highest BCUT2D eigenvalue weighted by molar-refractivity contribution is 5.06. The molecule has 0 aromatic heterocycles. The van der Waals surface area contributed by atoms with Gasteiger partial charge in [-0.25, -0.2) is 0 Å². The fourth-order valence-electron chi connectivity index (χ4n) is 1.87. The molecular weight excluding hydrogens is 385 g/mol. The Kier molecular flexibility index (Phi) is 5.67. The smallest absolute Gasteiger partial charge is 0.380 e. The predicted octanol–water partition coefficient (Wildman–Crippen LogP) is 4.53. The summed E-state index contributed by atoms with van der Waals surface area (Å²) in [6.07, 6.45) is -6.87. The van der Waals surface area contributed by atoms with Crippen LogP contribution in [-0.4, -0.2) is 56.3 Å². The van der Waals surface area contributed by atoms with Crippen molar-refractivity contribution in [1.82, 2.24) is 0 Å². The van der Waals surface area contributed by atoms with Crippen molar-refractivity contribution in [2.75, 3.05) is 26.4 Å². The van der Waals surface area contributed by atoms with Crippen LogP contribution in [0, 0.1) is 5.41 Å². The zero-order valence-electron chi connectivity index (χ0n) is 12.5. The van der Waals surface area contributed by atoms with E-state index >= 15 is 0 Å². The molecule has 0 saturated carbocycles. The van der Waals surface area contributed by atoms with Crippen molar-refractivity contribution in [1.29, 1.82) is 0 Å². The third-order valence-corrected chi connectivity index (χ3v) is 3.86. The minimum atomic E-state index is -7.40. The van der Waals surface area contributed by atoms with Crippen molar-refractivity contribution in [3.8, 4) is 0 Å². The van der Waals surface area contributed by atoms with E-state index in [1.54, 1.807) is 6.92 Å². The Morgan fingerprint density at radius 2 is 1.28 bits per heavy atom. The number of alkyl halides is 11. The molecule has 0 atom stereocenters. The van der Waals surface area contributed by atoms with Gasteiger partial charge in [0.1, 0.15) is 6.61 Å². The van der Waals surface area contributed by atoms with Crippen molar-refractivity contribution >= 4 is 0 Å². The first kappa shape index (κ1) is 22.2. The van der Waals surface area contributed by atoms with Crippen LogP contribution >= 0.6 is 0 Å². The van der Waals surface area contributed by atoms with E-state index in [2.05, 4.69) is 4.74 Å². The van der Waals surface area contributed by atoms with Gasteiger partial charge in [-0.1, -0.05) is 6.92 Å². The highest BCUT2D eigenvalue weighted by Crippen LogP contribution is 2.57. The molecule has 13 heteroatoms. The SMILES string of the molecule is CCC1(COCC(F)(F)C(F)(F)C(F)(F)C(F)(F)C(F)(F)F)COC1. The van der Waals surface area contributed by atoms with Crippen LogP contribution in [0.25, 0.3) is 0 Å². The Bertz CT molecular complexity index is 463. The first-order chi connectivity index (χ1) is 11.0. The van der Waals surface area contributed by atoms with E-state index < -0.39 is 48.5 Å². The maximum absolute atomic E-state index is 13.3. The average molecular weight is 398 g/mol. The molecule has 0 aromatic carbocycles. The van der Waals surface area contributed by atoms with E-state index in [-0.39, 0.29) is 19.6 Å². The first-order valence-electron chi connectivity index (χ1n) is 6.71. The predicted molar refractivity (Wildman–Crippen MR) is 60.2 cm³/mol. The van der Waals surface area contributed by atoms with Gasteiger partial charge in [-0.15, -0.1) is 0 Å². The summed E-state index contributed by atoms with van der Waals surface area (Å²) >= 11 is 0. The number of rotatable bonds is 8. The molecule has 1 heterocycles. The third-order valence-electron chi connectivity index (χ3n) is 3.86. The van der Waals surface area contributed by atoms with Gasteiger partial charge >= 0.3 is 29.9 Å². The highest BCUT2D eigenvalue weighted by atomic mass is 19.4. The summed E-state index contributed by atoms with van der Waals surface area (Å²) in [4.78, 5) is 0. The van der Waals surface area contributed by atoms with Gasteiger partial charge in [0.2, 0.25) is 0 Å². The van der Waals surface area contributed by atoms with Crippen LogP contribution in [0.4, 0.5) is 48.3 Å². The second kappa shape index (κ2) is 6.39. The molecule has 1 rings (SSSR count). The molecular formula is C12H13F11O2. The van der Waals surface area contributed by atoms with Crippen molar-refractivity contribution < 1.29 is 57.8 Å². The maximum Gasteiger partial charge on any atom is 0.460 e. The molecule has 1 aliphatic heterocycles. The Morgan fingerprint density at radius 3 is 1.60 bits per heavy atom. The van der Waals surface area contributed by atoms with Crippen molar-refractivity contribution in [3.05, 3.63) is 0 Å². The Morgan fingerprint density at radius 1 is 0.800 bits per heavy atom. The topological polar surface area (TPSA) is 18.5 Å². The van der Waals surface area contributed by atoms with Gasteiger partial charge in [-0.2, -0.15) is 48.3 Å². The molecule has 1 fully saturated rings. The number of hydrogen-bond donors (Lipinski definition) is 0. The summed E-state index contributed by atoms with van der Waals surface area (Å²) in [6.45, 7) is -1.53. The van der Waals surface area contributed by atoms with Gasteiger partial charge in [-0.05, 0) is 6.42 Å². The summed E-state index contributed by atoms with van der Waals surface area (Å²) < 4.78 is 149. The van der Waals surface area contributed by atoms with E-state index in [9.17, 15) is 48.3 Å².